The number of aryl methyl sites for hydroxylation is 2. The second-order valence-corrected chi connectivity index (χ2v) is 7.97. The van der Waals surface area contributed by atoms with Gasteiger partial charge in [0.2, 0.25) is 0 Å². The average molecular weight is 351 g/mol. The van der Waals surface area contributed by atoms with E-state index in [1.54, 1.807) is 17.1 Å². The highest BCUT2D eigenvalue weighted by molar-refractivity contribution is 5.44. The zero-order valence-corrected chi connectivity index (χ0v) is 15.0. The SMILES string of the molecule is O=c1cc2c(nn1C1CCC(Nc3nccnc3C3CC3)CC1)CCC2. The Morgan fingerprint density at radius 1 is 1.00 bits per heavy atom. The lowest BCUT2D eigenvalue weighted by Crippen LogP contribution is -2.34. The maximum atomic E-state index is 12.4. The lowest BCUT2D eigenvalue weighted by Gasteiger charge is -2.30. The molecule has 2 saturated carbocycles. The molecule has 1 N–H and O–H groups in total. The van der Waals surface area contributed by atoms with E-state index in [0.29, 0.717) is 12.0 Å². The molecule has 0 bridgehead atoms. The standard InChI is InChI=1S/C20H25N5O/c26-18-12-14-2-1-3-17(14)24-25(18)16-8-6-15(7-9-16)23-20-19(13-4-5-13)21-10-11-22-20/h10-13,15-16H,1-9H2,(H,22,23). The fourth-order valence-electron chi connectivity index (χ4n) is 4.45. The molecule has 0 saturated heterocycles. The molecule has 2 fully saturated rings. The van der Waals surface area contributed by atoms with E-state index in [4.69, 9.17) is 5.10 Å². The second-order valence-electron chi connectivity index (χ2n) is 7.97. The van der Waals surface area contributed by atoms with Crippen LogP contribution in [-0.4, -0.2) is 25.8 Å². The molecule has 0 atom stereocenters. The van der Waals surface area contributed by atoms with Gasteiger partial charge in [-0.3, -0.25) is 9.78 Å². The van der Waals surface area contributed by atoms with Gasteiger partial charge in [-0.1, -0.05) is 0 Å². The molecule has 3 aliphatic carbocycles. The number of hydrogen-bond donors (Lipinski definition) is 1. The van der Waals surface area contributed by atoms with E-state index < -0.39 is 0 Å². The number of rotatable bonds is 4. The summed E-state index contributed by atoms with van der Waals surface area (Å²) in [4.78, 5) is 21.5. The van der Waals surface area contributed by atoms with Gasteiger partial charge in [-0.05, 0) is 63.4 Å². The minimum atomic E-state index is 0.0759. The summed E-state index contributed by atoms with van der Waals surface area (Å²) in [6, 6.07) is 2.46. The Balaban J connectivity index is 1.26. The van der Waals surface area contributed by atoms with Crippen molar-refractivity contribution >= 4 is 5.82 Å². The molecule has 3 aliphatic rings. The van der Waals surface area contributed by atoms with Gasteiger partial charge in [-0.2, -0.15) is 5.10 Å². The predicted molar refractivity (Wildman–Crippen MR) is 99.4 cm³/mol. The lowest BCUT2D eigenvalue weighted by molar-refractivity contribution is 0.301. The van der Waals surface area contributed by atoms with E-state index in [-0.39, 0.29) is 11.6 Å². The Labute approximate surface area is 153 Å². The van der Waals surface area contributed by atoms with Crippen LogP contribution < -0.4 is 10.9 Å². The van der Waals surface area contributed by atoms with Gasteiger partial charge in [0.25, 0.3) is 5.56 Å². The van der Waals surface area contributed by atoms with Crippen molar-refractivity contribution in [2.45, 2.75) is 75.8 Å². The first-order valence-corrected chi connectivity index (χ1v) is 9.97. The van der Waals surface area contributed by atoms with Gasteiger partial charge >= 0.3 is 0 Å². The minimum absolute atomic E-state index is 0.0759. The monoisotopic (exact) mass is 351 g/mol. The maximum absolute atomic E-state index is 12.4. The van der Waals surface area contributed by atoms with E-state index in [1.165, 1.54) is 12.8 Å². The van der Waals surface area contributed by atoms with Gasteiger partial charge in [0.05, 0.1) is 17.4 Å². The van der Waals surface area contributed by atoms with Gasteiger partial charge in [-0.15, -0.1) is 0 Å². The number of anilines is 1. The number of fused-ring (bicyclic) bond motifs is 1. The topological polar surface area (TPSA) is 72.7 Å². The highest BCUT2D eigenvalue weighted by Crippen LogP contribution is 2.42. The summed E-state index contributed by atoms with van der Waals surface area (Å²) < 4.78 is 1.76. The molecular formula is C20H25N5O. The van der Waals surface area contributed by atoms with E-state index >= 15 is 0 Å². The Morgan fingerprint density at radius 2 is 1.81 bits per heavy atom. The Bertz CT molecular complexity index is 865. The first-order valence-electron chi connectivity index (χ1n) is 9.97. The van der Waals surface area contributed by atoms with Crippen LogP contribution in [0.1, 0.15) is 73.9 Å². The van der Waals surface area contributed by atoms with Crippen molar-refractivity contribution in [1.82, 2.24) is 19.7 Å². The molecule has 6 heteroatoms. The summed E-state index contributed by atoms with van der Waals surface area (Å²) in [6.07, 6.45) is 13.2. The minimum Gasteiger partial charge on any atom is -0.366 e. The molecule has 0 amide bonds. The molecule has 0 aliphatic heterocycles. The maximum Gasteiger partial charge on any atom is 0.267 e. The van der Waals surface area contributed by atoms with Crippen molar-refractivity contribution in [3.63, 3.8) is 0 Å². The van der Waals surface area contributed by atoms with Crippen molar-refractivity contribution in [1.29, 1.82) is 0 Å². The van der Waals surface area contributed by atoms with Crippen LogP contribution in [0.25, 0.3) is 0 Å². The fraction of sp³-hybridized carbons (Fsp3) is 0.600. The van der Waals surface area contributed by atoms with E-state index in [9.17, 15) is 4.79 Å². The van der Waals surface area contributed by atoms with Crippen LogP contribution in [0, 0.1) is 0 Å². The zero-order valence-electron chi connectivity index (χ0n) is 15.0. The molecule has 2 aromatic rings. The van der Waals surface area contributed by atoms with E-state index in [0.717, 1.165) is 67.7 Å². The number of hydrogen-bond acceptors (Lipinski definition) is 5. The van der Waals surface area contributed by atoms with Gasteiger partial charge in [0, 0.05) is 30.4 Å². The quantitative estimate of drug-likeness (QED) is 0.917. The molecule has 26 heavy (non-hydrogen) atoms. The van der Waals surface area contributed by atoms with Gasteiger partial charge < -0.3 is 5.32 Å². The highest BCUT2D eigenvalue weighted by atomic mass is 16.1. The second kappa shape index (κ2) is 6.49. The molecule has 136 valence electrons. The van der Waals surface area contributed by atoms with E-state index in [2.05, 4.69) is 15.3 Å². The Morgan fingerprint density at radius 3 is 2.62 bits per heavy atom. The normalized spacial score (nSPS) is 25.1. The first-order chi connectivity index (χ1) is 12.8. The Kier molecular flexibility index (Phi) is 3.98. The summed E-state index contributed by atoms with van der Waals surface area (Å²) >= 11 is 0. The summed E-state index contributed by atoms with van der Waals surface area (Å²) in [5, 5.41) is 8.31. The van der Waals surface area contributed by atoms with Crippen LogP contribution in [0.3, 0.4) is 0 Å². The van der Waals surface area contributed by atoms with Crippen LogP contribution in [0.4, 0.5) is 5.82 Å². The lowest BCUT2D eigenvalue weighted by atomic mass is 9.91. The third-order valence-corrected chi connectivity index (χ3v) is 6.06. The largest absolute Gasteiger partial charge is 0.366 e. The number of nitrogens with one attached hydrogen (secondary N) is 1. The van der Waals surface area contributed by atoms with Crippen molar-refractivity contribution in [2.24, 2.45) is 0 Å². The van der Waals surface area contributed by atoms with Crippen molar-refractivity contribution in [2.75, 3.05) is 5.32 Å². The van der Waals surface area contributed by atoms with Gasteiger partial charge in [0.1, 0.15) is 5.82 Å². The van der Waals surface area contributed by atoms with Crippen LogP contribution in [0.5, 0.6) is 0 Å². The third-order valence-electron chi connectivity index (χ3n) is 6.06. The van der Waals surface area contributed by atoms with Crippen LogP contribution >= 0.6 is 0 Å². The number of nitrogens with zero attached hydrogens (tertiary/aromatic N) is 4. The van der Waals surface area contributed by atoms with Gasteiger partial charge in [0.15, 0.2) is 0 Å². The number of aromatic nitrogens is 4. The molecule has 0 unspecified atom stereocenters. The van der Waals surface area contributed by atoms with E-state index in [1.807, 2.05) is 6.07 Å². The van der Waals surface area contributed by atoms with Crippen LogP contribution in [-0.2, 0) is 12.8 Å². The summed E-state index contributed by atoms with van der Waals surface area (Å²) in [5.41, 5.74) is 3.51. The van der Waals surface area contributed by atoms with Crippen molar-refractivity contribution in [3.05, 3.63) is 45.8 Å². The molecule has 2 aromatic heterocycles. The zero-order chi connectivity index (χ0) is 17.5. The molecule has 5 rings (SSSR count). The molecule has 2 heterocycles. The third kappa shape index (κ3) is 3.02. The van der Waals surface area contributed by atoms with Crippen LogP contribution in [0.15, 0.2) is 23.3 Å². The summed E-state index contributed by atoms with van der Waals surface area (Å²) in [6.45, 7) is 0. The van der Waals surface area contributed by atoms with Crippen molar-refractivity contribution in [3.8, 4) is 0 Å². The highest BCUT2D eigenvalue weighted by Gasteiger charge is 2.30. The smallest absolute Gasteiger partial charge is 0.267 e. The fourth-order valence-corrected chi connectivity index (χ4v) is 4.45. The Hall–Kier alpha value is -2.24. The summed E-state index contributed by atoms with van der Waals surface area (Å²) in [5.74, 6) is 1.56. The molecular weight excluding hydrogens is 326 g/mol. The predicted octanol–water partition coefficient (Wildman–Crippen LogP) is 3.00. The molecule has 6 nitrogen and oxygen atoms in total. The van der Waals surface area contributed by atoms with Crippen molar-refractivity contribution < 1.29 is 0 Å². The average Bonchev–Trinajstić information content (AvgIpc) is 3.41. The van der Waals surface area contributed by atoms with Gasteiger partial charge in [-0.25, -0.2) is 9.67 Å². The van der Waals surface area contributed by atoms with Crippen LogP contribution in [0.2, 0.25) is 0 Å². The molecule has 0 spiro atoms. The first kappa shape index (κ1) is 16.0. The molecule has 0 radical (unpaired) electrons. The molecule has 0 aromatic carbocycles. The summed E-state index contributed by atoms with van der Waals surface area (Å²) in [7, 11) is 0.